The minimum atomic E-state index is -2.94. The van der Waals surface area contributed by atoms with E-state index in [1.807, 2.05) is 105 Å². The molecule has 0 radical (unpaired) electrons. The van der Waals surface area contributed by atoms with Crippen LogP contribution in [-0.2, 0) is 28.2 Å². The second kappa shape index (κ2) is 13.7. The molecule has 11 nitrogen and oxygen atoms in total. The molecule has 1 unspecified atom stereocenters. The lowest BCUT2D eigenvalue weighted by atomic mass is 9.82. The first-order chi connectivity index (χ1) is 24.6. The molecule has 1 amide bonds. The lowest BCUT2D eigenvalue weighted by molar-refractivity contribution is -0.146. The summed E-state index contributed by atoms with van der Waals surface area (Å²) in [5, 5.41) is 18.9. The van der Waals surface area contributed by atoms with E-state index in [0.29, 0.717) is 42.1 Å². The lowest BCUT2D eigenvalue weighted by Crippen LogP contribution is -2.46. The predicted molar refractivity (Wildman–Crippen MR) is 195 cm³/mol. The number of benzene rings is 3. The van der Waals surface area contributed by atoms with E-state index in [2.05, 4.69) is 10.3 Å². The van der Waals surface area contributed by atoms with Gasteiger partial charge in [-0.05, 0) is 61.0 Å². The Balaban J connectivity index is 1.26. The molecule has 12 heteroatoms. The number of ether oxygens (including phenoxy) is 2. The first-order valence-corrected chi connectivity index (χ1v) is 20.3. The lowest BCUT2D eigenvalue weighted by Gasteiger charge is -2.32. The van der Waals surface area contributed by atoms with Gasteiger partial charge in [0, 0.05) is 41.6 Å². The summed E-state index contributed by atoms with van der Waals surface area (Å²) in [6.07, 6.45) is 3.52. The van der Waals surface area contributed by atoms with Gasteiger partial charge in [0.1, 0.15) is 0 Å². The van der Waals surface area contributed by atoms with Gasteiger partial charge in [-0.3, -0.25) is 18.8 Å². The highest BCUT2D eigenvalue weighted by Gasteiger charge is 2.66. The monoisotopic (exact) mass is 705 g/mol. The number of hydrogen-bond acceptors (Lipinski definition) is 8. The number of aliphatic hydroxyl groups excluding tert-OH is 1. The summed E-state index contributed by atoms with van der Waals surface area (Å²) >= 11 is 0. The van der Waals surface area contributed by atoms with Crippen LogP contribution in [0.5, 0.6) is 5.75 Å². The third-order valence-corrected chi connectivity index (χ3v) is 13.0. The quantitative estimate of drug-likeness (QED) is 0.184. The van der Waals surface area contributed by atoms with E-state index >= 15 is 0 Å². The van der Waals surface area contributed by atoms with Crippen molar-refractivity contribution < 1.29 is 24.2 Å². The molecule has 51 heavy (non-hydrogen) atoms. The summed E-state index contributed by atoms with van der Waals surface area (Å²) < 4.78 is 15.6. The third-order valence-electron chi connectivity index (χ3n) is 10.5. The van der Waals surface area contributed by atoms with Crippen molar-refractivity contribution in [2.24, 2.45) is 5.92 Å². The van der Waals surface area contributed by atoms with Gasteiger partial charge in [-0.1, -0.05) is 72.8 Å². The van der Waals surface area contributed by atoms with E-state index in [1.165, 1.54) is 11.7 Å². The molecule has 0 aliphatic carbocycles. The van der Waals surface area contributed by atoms with Crippen LogP contribution in [0, 0.1) is 5.92 Å². The molecular weight excluding hydrogens is 663 g/mol. The first-order valence-electron chi connectivity index (χ1n) is 17.3. The Morgan fingerprint density at radius 2 is 1.73 bits per heavy atom. The molecule has 5 atom stereocenters. The molecule has 2 aliphatic heterocycles. The molecule has 7 rings (SSSR count). The Bertz CT molecular complexity index is 2080. The molecule has 0 saturated carbocycles. The SMILES string of the molecule is COc1cccn(-c2ccc3c(c2)[C@@]2(O[C@H](CCn4cc(C(CO)c5ccccc5)nn4)[C@@H]([Si](C)(C)O)[C@@H]2C)C(=O)N3Cc2ccccc2)c1=O. The molecule has 4 heterocycles. The molecular formula is C39H43N5O6Si. The minimum absolute atomic E-state index is 0.105. The summed E-state index contributed by atoms with van der Waals surface area (Å²) in [5.74, 6) is -0.677. The molecule has 0 bridgehead atoms. The van der Waals surface area contributed by atoms with Crippen molar-refractivity contribution in [3.05, 3.63) is 136 Å². The minimum Gasteiger partial charge on any atom is -0.491 e. The molecule has 1 saturated heterocycles. The number of anilines is 1. The first kappa shape index (κ1) is 34.6. The molecule has 1 fully saturated rings. The summed E-state index contributed by atoms with van der Waals surface area (Å²) in [5.41, 5.74) is 2.53. The van der Waals surface area contributed by atoms with Gasteiger partial charge in [0.05, 0.1) is 43.7 Å². The highest BCUT2D eigenvalue weighted by Crippen LogP contribution is 2.60. The van der Waals surface area contributed by atoms with Crippen LogP contribution in [0.1, 0.15) is 41.6 Å². The number of fused-ring (bicyclic) bond motifs is 2. The van der Waals surface area contributed by atoms with Crippen LogP contribution in [0.4, 0.5) is 5.69 Å². The van der Waals surface area contributed by atoms with E-state index in [1.54, 1.807) is 27.9 Å². The number of pyridine rings is 1. The van der Waals surface area contributed by atoms with Crippen LogP contribution in [0.2, 0.25) is 18.6 Å². The molecule has 5 aromatic rings. The highest BCUT2D eigenvalue weighted by atomic mass is 28.4. The van der Waals surface area contributed by atoms with Gasteiger partial charge in [0.15, 0.2) is 19.7 Å². The van der Waals surface area contributed by atoms with Gasteiger partial charge in [-0.2, -0.15) is 0 Å². The van der Waals surface area contributed by atoms with E-state index in [0.717, 1.165) is 11.1 Å². The fraction of sp³-hybridized carbons (Fsp3) is 0.333. The molecule has 1 spiro atoms. The third kappa shape index (κ3) is 6.11. The van der Waals surface area contributed by atoms with Gasteiger partial charge >= 0.3 is 0 Å². The number of carbonyl (C=O) groups is 1. The van der Waals surface area contributed by atoms with E-state index in [-0.39, 0.29) is 41.2 Å². The molecule has 2 aliphatic rings. The average molecular weight is 706 g/mol. The summed E-state index contributed by atoms with van der Waals surface area (Å²) in [6.45, 7) is 6.47. The largest absolute Gasteiger partial charge is 0.491 e. The number of rotatable bonds is 11. The maximum atomic E-state index is 14.9. The van der Waals surface area contributed by atoms with Crippen LogP contribution in [0.15, 0.2) is 108 Å². The summed E-state index contributed by atoms with van der Waals surface area (Å²) in [6, 6.07) is 28.5. The van der Waals surface area contributed by atoms with Crippen molar-refractivity contribution in [1.29, 1.82) is 0 Å². The Kier molecular flexibility index (Phi) is 9.27. The Morgan fingerprint density at radius 1 is 1.00 bits per heavy atom. The van der Waals surface area contributed by atoms with Crippen molar-refractivity contribution in [3.63, 3.8) is 0 Å². The number of hydrogen-bond donors (Lipinski definition) is 2. The molecule has 2 N–H and O–H groups in total. The maximum Gasteiger partial charge on any atom is 0.297 e. The van der Waals surface area contributed by atoms with Gasteiger partial charge < -0.3 is 24.3 Å². The number of aromatic nitrogens is 4. The summed E-state index contributed by atoms with van der Waals surface area (Å²) in [4.78, 5) is 41.9. The van der Waals surface area contributed by atoms with E-state index in [9.17, 15) is 19.5 Å². The smallest absolute Gasteiger partial charge is 0.297 e. The summed E-state index contributed by atoms with van der Waals surface area (Å²) in [7, 11) is -1.48. The number of aliphatic hydroxyl groups is 1. The van der Waals surface area contributed by atoms with Gasteiger partial charge in [-0.15, -0.1) is 5.10 Å². The van der Waals surface area contributed by atoms with E-state index < -0.39 is 20.0 Å². The van der Waals surface area contributed by atoms with Crippen molar-refractivity contribution >= 4 is 19.9 Å². The highest BCUT2D eigenvalue weighted by molar-refractivity contribution is 6.71. The van der Waals surface area contributed by atoms with Crippen molar-refractivity contribution in [3.8, 4) is 11.4 Å². The van der Waals surface area contributed by atoms with Crippen molar-refractivity contribution in [2.75, 3.05) is 18.6 Å². The van der Waals surface area contributed by atoms with Gasteiger partial charge in [-0.25, -0.2) is 0 Å². The normalized spacial score (nSPS) is 22.0. The van der Waals surface area contributed by atoms with Crippen LogP contribution in [-0.4, -0.2) is 63.5 Å². The predicted octanol–water partition coefficient (Wildman–Crippen LogP) is 5.00. The average Bonchev–Trinajstić information content (AvgIpc) is 3.78. The van der Waals surface area contributed by atoms with Crippen molar-refractivity contribution in [2.45, 2.75) is 62.7 Å². The zero-order chi connectivity index (χ0) is 35.9. The van der Waals surface area contributed by atoms with Crippen LogP contribution in [0.3, 0.4) is 0 Å². The second-order valence-electron chi connectivity index (χ2n) is 14.0. The number of aryl methyl sites for hydroxylation is 1. The number of amides is 1. The number of nitrogens with zero attached hydrogens (tertiary/aromatic N) is 5. The van der Waals surface area contributed by atoms with Gasteiger partial charge in [0.25, 0.3) is 11.5 Å². The maximum absolute atomic E-state index is 14.9. The fourth-order valence-corrected chi connectivity index (χ4v) is 10.7. The van der Waals surface area contributed by atoms with Crippen LogP contribution < -0.4 is 15.2 Å². The van der Waals surface area contributed by atoms with Gasteiger partial charge in [0.2, 0.25) is 0 Å². The Labute approximate surface area is 297 Å². The fourth-order valence-electron chi connectivity index (χ4n) is 8.14. The number of methoxy groups -OCH3 is 1. The number of carbonyl (C=O) groups excluding carboxylic acids is 1. The van der Waals surface area contributed by atoms with Crippen LogP contribution >= 0.6 is 0 Å². The van der Waals surface area contributed by atoms with Crippen LogP contribution in [0.25, 0.3) is 5.69 Å². The Morgan fingerprint density at radius 3 is 2.41 bits per heavy atom. The second-order valence-corrected chi connectivity index (χ2v) is 18.0. The Hall–Kier alpha value is -4.88. The standard InChI is InChI=1S/C39H43N5O6Si/c1-26-36(51(3,4)48)34(19-21-42-24-32(40-41-42)30(25-45)28-14-9-6-10-15-28)50-39(26)31-22-29(43-20-11-16-35(49-2)37(43)46)17-18-33(31)44(38(39)47)23-27-12-7-5-8-13-27/h5-18,20,22,24,26,30,34,36,45,48H,19,21,23,25H2,1-4H3/t26-,30?,34+,36-,39+/m0/s1. The molecule has 3 aromatic carbocycles. The molecule has 2 aromatic heterocycles. The van der Waals surface area contributed by atoms with E-state index in [4.69, 9.17) is 9.47 Å². The zero-order valence-electron chi connectivity index (χ0n) is 29.2. The van der Waals surface area contributed by atoms with Crippen molar-refractivity contribution in [1.82, 2.24) is 19.6 Å². The zero-order valence-corrected chi connectivity index (χ0v) is 30.2. The molecule has 264 valence electrons. The topological polar surface area (TPSA) is 132 Å².